The lowest BCUT2D eigenvalue weighted by molar-refractivity contribution is -0.117. The van der Waals surface area contributed by atoms with Gasteiger partial charge >= 0.3 is 0 Å². The molecule has 2 N–H and O–H groups in total. The van der Waals surface area contributed by atoms with E-state index in [-0.39, 0.29) is 11.9 Å². The molecule has 0 saturated carbocycles. The molecule has 1 saturated heterocycles. The number of carbonyl (C=O) groups excluding carboxylic acids is 1. The van der Waals surface area contributed by atoms with E-state index >= 15 is 0 Å². The topological polar surface area (TPSA) is 59.2 Å². The number of amides is 1. The molecule has 80 valence electrons. The Labute approximate surface area is 89.1 Å². The molecule has 1 aliphatic heterocycles. The maximum absolute atomic E-state index is 11.7. The maximum Gasteiger partial charge on any atom is 0.228 e. The summed E-state index contributed by atoms with van der Waals surface area (Å²) in [5.74, 6) is 0.111. The van der Waals surface area contributed by atoms with Crippen LogP contribution in [-0.2, 0) is 4.79 Å². The number of nitrogens with zero attached hydrogens (tertiary/aromatic N) is 2. The zero-order valence-corrected chi connectivity index (χ0v) is 9.03. The van der Waals surface area contributed by atoms with Crippen LogP contribution in [0.15, 0.2) is 12.4 Å². The first-order valence-electron chi connectivity index (χ1n) is 5.06. The van der Waals surface area contributed by atoms with Crippen LogP contribution in [0.3, 0.4) is 0 Å². The number of hydrogen-bond acceptors (Lipinski definition) is 3. The van der Waals surface area contributed by atoms with Gasteiger partial charge in [-0.1, -0.05) is 0 Å². The number of carbonyl (C=O) groups is 1. The maximum atomic E-state index is 11.7. The minimum Gasteiger partial charge on any atom is -0.326 e. The summed E-state index contributed by atoms with van der Waals surface area (Å²) in [5.41, 5.74) is 8.80. The highest BCUT2D eigenvalue weighted by Gasteiger charge is 2.29. The van der Waals surface area contributed by atoms with E-state index in [4.69, 9.17) is 5.73 Å². The van der Waals surface area contributed by atoms with E-state index in [9.17, 15) is 4.79 Å². The molecular formula is C11H15N3O. The second-order valence-electron chi connectivity index (χ2n) is 4.09. The normalized spacial score (nSPS) is 21.1. The average Bonchev–Trinajstić information content (AvgIpc) is 2.45. The van der Waals surface area contributed by atoms with E-state index in [1.54, 1.807) is 17.3 Å². The summed E-state index contributed by atoms with van der Waals surface area (Å²) in [6, 6.07) is -0.0375. The fraction of sp³-hybridized carbons (Fsp3) is 0.455. The van der Waals surface area contributed by atoms with E-state index in [0.717, 1.165) is 16.8 Å². The SMILES string of the molecule is Cc1cncc(C)c1N1CC(N)CC1=O. The highest BCUT2D eigenvalue weighted by molar-refractivity contribution is 5.97. The van der Waals surface area contributed by atoms with Gasteiger partial charge < -0.3 is 10.6 Å². The Morgan fingerprint density at radius 2 is 2.00 bits per heavy atom. The second kappa shape index (κ2) is 3.62. The van der Waals surface area contributed by atoms with Crippen molar-refractivity contribution in [3.05, 3.63) is 23.5 Å². The molecule has 1 unspecified atom stereocenters. The van der Waals surface area contributed by atoms with Crippen molar-refractivity contribution in [1.29, 1.82) is 0 Å². The fourth-order valence-electron chi connectivity index (χ4n) is 2.07. The molecule has 1 aromatic rings. The van der Waals surface area contributed by atoms with Crippen molar-refractivity contribution >= 4 is 11.6 Å². The van der Waals surface area contributed by atoms with Crippen LogP contribution in [0.2, 0.25) is 0 Å². The van der Waals surface area contributed by atoms with Crippen molar-refractivity contribution in [3.8, 4) is 0 Å². The highest BCUT2D eigenvalue weighted by atomic mass is 16.2. The monoisotopic (exact) mass is 205 g/mol. The van der Waals surface area contributed by atoms with Gasteiger partial charge in [0.1, 0.15) is 0 Å². The number of anilines is 1. The standard InChI is InChI=1S/C11H15N3O/c1-7-4-13-5-8(2)11(7)14-6-9(12)3-10(14)15/h4-5,9H,3,6,12H2,1-2H3. The average molecular weight is 205 g/mol. The molecule has 1 aliphatic rings. The smallest absolute Gasteiger partial charge is 0.228 e. The Morgan fingerprint density at radius 3 is 2.47 bits per heavy atom. The summed E-state index contributed by atoms with van der Waals surface area (Å²) in [5, 5.41) is 0. The molecule has 15 heavy (non-hydrogen) atoms. The largest absolute Gasteiger partial charge is 0.326 e. The van der Waals surface area contributed by atoms with Crippen molar-refractivity contribution in [2.75, 3.05) is 11.4 Å². The Balaban J connectivity index is 2.41. The highest BCUT2D eigenvalue weighted by Crippen LogP contribution is 2.27. The van der Waals surface area contributed by atoms with Gasteiger partial charge in [0.25, 0.3) is 0 Å². The zero-order valence-electron chi connectivity index (χ0n) is 9.03. The van der Waals surface area contributed by atoms with Crippen LogP contribution in [0.5, 0.6) is 0 Å². The fourth-order valence-corrected chi connectivity index (χ4v) is 2.07. The number of aromatic nitrogens is 1. The number of hydrogen-bond donors (Lipinski definition) is 1. The van der Waals surface area contributed by atoms with E-state index in [0.29, 0.717) is 13.0 Å². The van der Waals surface area contributed by atoms with Crippen molar-refractivity contribution in [2.24, 2.45) is 5.73 Å². The molecule has 0 spiro atoms. The van der Waals surface area contributed by atoms with Gasteiger partial charge in [0.2, 0.25) is 5.91 Å². The molecule has 2 heterocycles. The predicted octanol–water partition coefficient (Wildman–Crippen LogP) is 0.762. The van der Waals surface area contributed by atoms with Crippen LogP contribution >= 0.6 is 0 Å². The van der Waals surface area contributed by atoms with Gasteiger partial charge in [0, 0.05) is 31.4 Å². The van der Waals surface area contributed by atoms with Crippen molar-refractivity contribution < 1.29 is 4.79 Å². The van der Waals surface area contributed by atoms with E-state index < -0.39 is 0 Å². The lowest BCUT2D eigenvalue weighted by Crippen LogP contribution is -2.29. The van der Waals surface area contributed by atoms with Crippen molar-refractivity contribution in [2.45, 2.75) is 26.3 Å². The number of pyridine rings is 1. The molecular weight excluding hydrogens is 190 g/mol. The third-order valence-corrected chi connectivity index (χ3v) is 2.71. The van der Waals surface area contributed by atoms with Crippen LogP contribution in [0.25, 0.3) is 0 Å². The molecule has 2 rings (SSSR count). The number of rotatable bonds is 1. The van der Waals surface area contributed by atoms with Gasteiger partial charge in [-0.15, -0.1) is 0 Å². The van der Waals surface area contributed by atoms with Gasteiger partial charge in [-0.05, 0) is 25.0 Å². The van der Waals surface area contributed by atoms with Crippen molar-refractivity contribution in [3.63, 3.8) is 0 Å². The van der Waals surface area contributed by atoms with E-state index in [1.165, 1.54) is 0 Å². The molecule has 0 aliphatic carbocycles. The summed E-state index contributed by atoms with van der Waals surface area (Å²) >= 11 is 0. The van der Waals surface area contributed by atoms with Crippen LogP contribution in [0.4, 0.5) is 5.69 Å². The predicted molar refractivity (Wildman–Crippen MR) is 58.7 cm³/mol. The van der Waals surface area contributed by atoms with E-state index in [1.807, 2.05) is 13.8 Å². The van der Waals surface area contributed by atoms with Crippen LogP contribution < -0.4 is 10.6 Å². The quantitative estimate of drug-likeness (QED) is 0.736. The van der Waals surface area contributed by atoms with Crippen LogP contribution in [-0.4, -0.2) is 23.5 Å². The molecule has 1 fully saturated rings. The molecule has 0 radical (unpaired) electrons. The van der Waals surface area contributed by atoms with Gasteiger partial charge in [0.05, 0.1) is 5.69 Å². The molecule has 4 nitrogen and oxygen atoms in total. The summed E-state index contributed by atoms with van der Waals surface area (Å²) in [6.45, 7) is 4.55. The Hall–Kier alpha value is -1.42. The summed E-state index contributed by atoms with van der Waals surface area (Å²) < 4.78 is 0. The summed E-state index contributed by atoms with van der Waals surface area (Å²) in [7, 11) is 0. The Morgan fingerprint density at radius 1 is 1.40 bits per heavy atom. The van der Waals surface area contributed by atoms with Gasteiger partial charge in [0.15, 0.2) is 0 Å². The number of nitrogens with two attached hydrogens (primary N) is 1. The molecule has 0 bridgehead atoms. The van der Waals surface area contributed by atoms with Gasteiger partial charge in [-0.3, -0.25) is 9.78 Å². The first-order valence-corrected chi connectivity index (χ1v) is 5.06. The lowest BCUT2D eigenvalue weighted by Gasteiger charge is -2.20. The minimum absolute atomic E-state index is 0.0375. The molecule has 0 aromatic carbocycles. The lowest BCUT2D eigenvalue weighted by atomic mass is 10.1. The van der Waals surface area contributed by atoms with Gasteiger partial charge in [-0.2, -0.15) is 0 Å². The number of aryl methyl sites for hydroxylation is 2. The molecule has 1 atom stereocenters. The first-order chi connectivity index (χ1) is 7.09. The Bertz CT molecular complexity index is 383. The molecule has 4 heteroatoms. The minimum atomic E-state index is -0.0375. The third kappa shape index (κ3) is 1.72. The molecule has 1 amide bonds. The first kappa shape index (κ1) is 10.1. The second-order valence-corrected chi connectivity index (χ2v) is 4.09. The van der Waals surface area contributed by atoms with Crippen LogP contribution in [0.1, 0.15) is 17.5 Å². The zero-order chi connectivity index (χ0) is 11.0. The van der Waals surface area contributed by atoms with Crippen molar-refractivity contribution in [1.82, 2.24) is 4.98 Å². The van der Waals surface area contributed by atoms with Crippen LogP contribution in [0, 0.1) is 13.8 Å². The van der Waals surface area contributed by atoms with Gasteiger partial charge in [-0.25, -0.2) is 0 Å². The third-order valence-electron chi connectivity index (χ3n) is 2.71. The summed E-state index contributed by atoms with van der Waals surface area (Å²) in [6.07, 6.45) is 4.00. The Kier molecular flexibility index (Phi) is 2.44. The summed E-state index contributed by atoms with van der Waals surface area (Å²) in [4.78, 5) is 17.6. The van der Waals surface area contributed by atoms with E-state index in [2.05, 4.69) is 4.98 Å². The molecule has 1 aromatic heterocycles.